The Balaban J connectivity index is 1.99. The predicted molar refractivity (Wildman–Crippen MR) is 90.3 cm³/mol. The number of ether oxygens (including phenoxy) is 2. The first-order valence-electron chi connectivity index (χ1n) is 7.65. The molecule has 116 valence electrons. The van der Waals surface area contributed by atoms with Gasteiger partial charge in [0.25, 0.3) is 0 Å². The first kappa shape index (κ1) is 15.1. The van der Waals surface area contributed by atoms with Gasteiger partial charge in [-0.25, -0.2) is 4.79 Å². The molecule has 1 atom stereocenters. The quantitative estimate of drug-likeness (QED) is 0.799. The standard InChI is InChI=1S/C20H18O3/c1-2-22-20(21)19-14-17(15-9-5-3-6-10-15)13-18(23-19)16-11-7-4-8-12-16/h3-14,19H,2H2,1H3. The third kappa shape index (κ3) is 3.51. The smallest absolute Gasteiger partial charge is 0.351 e. The van der Waals surface area contributed by atoms with Crippen LogP contribution in [0.2, 0.25) is 0 Å². The van der Waals surface area contributed by atoms with Gasteiger partial charge in [-0.15, -0.1) is 0 Å². The maximum Gasteiger partial charge on any atom is 0.351 e. The lowest BCUT2D eigenvalue weighted by atomic mass is 9.99. The zero-order valence-corrected chi connectivity index (χ0v) is 12.9. The van der Waals surface area contributed by atoms with Gasteiger partial charge < -0.3 is 9.47 Å². The molecule has 0 amide bonds. The molecule has 0 N–H and O–H groups in total. The lowest BCUT2D eigenvalue weighted by molar-refractivity contribution is -0.150. The molecule has 3 nitrogen and oxygen atoms in total. The maximum atomic E-state index is 12.1. The Morgan fingerprint density at radius 1 is 1.00 bits per heavy atom. The minimum absolute atomic E-state index is 0.331. The minimum atomic E-state index is -0.731. The van der Waals surface area contributed by atoms with Crippen LogP contribution in [-0.2, 0) is 14.3 Å². The van der Waals surface area contributed by atoms with Crippen LogP contribution in [0.3, 0.4) is 0 Å². The summed E-state index contributed by atoms with van der Waals surface area (Å²) in [5, 5.41) is 0. The second-order valence-electron chi connectivity index (χ2n) is 5.15. The Kier molecular flexibility index (Phi) is 4.57. The summed E-state index contributed by atoms with van der Waals surface area (Å²) >= 11 is 0. The van der Waals surface area contributed by atoms with Gasteiger partial charge in [-0.1, -0.05) is 60.7 Å². The highest BCUT2D eigenvalue weighted by atomic mass is 16.6. The monoisotopic (exact) mass is 306 g/mol. The van der Waals surface area contributed by atoms with E-state index in [1.807, 2.05) is 66.7 Å². The number of hydrogen-bond acceptors (Lipinski definition) is 3. The van der Waals surface area contributed by atoms with Gasteiger partial charge >= 0.3 is 5.97 Å². The van der Waals surface area contributed by atoms with Crippen LogP contribution in [0.15, 0.2) is 72.8 Å². The molecule has 3 rings (SSSR count). The highest BCUT2D eigenvalue weighted by Crippen LogP contribution is 2.30. The van der Waals surface area contributed by atoms with Crippen LogP contribution in [0.25, 0.3) is 11.3 Å². The third-order valence-corrected chi connectivity index (χ3v) is 3.56. The summed E-state index contributed by atoms with van der Waals surface area (Å²) in [7, 11) is 0. The summed E-state index contributed by atoms with van der Waals surface area (Å²) in [5.74, 6) is 0.299. The van der Waals surface area contributed by atoms with Gasteiger partial charge in [0, 0.05) is 5.56 Å². The second kappa shape index (κ2) is 6.97. The number of benzene rings is 2. The van der Waals surface area contributed by atoms with Gasteiger partial charge in [-0.05, 0) is 30.2 Å². The van der Waals surface area contributed by atoms with Crippen molar-refractivity contribution in [3.05, 3.63) is 83.9 Å². The van der Waals surface area contributed by atoms with E-state index in [0.29, 0.717) is 12.4 Å². The van der Waals surface area contributed by atoms with E-state index in [1.165, 1.54) is 0 Å². The van der Waals surface area contributed by atoms with Gasteiger partial charge in [0.05, 0.1) is 6.61 Å². The summed E-state index contributed by atoms with van der Waals surface area (Å²) in [6.45, 7) is 2.12. The zero-order chi connectivity index (χ0) is 16.1. The third-order valence-electron chi connectivity index (χ3n) is 3.56. The van der Waals surface area contributed by atoms with Crippen molar-refractivity contribution in [1.82, 2.24) is 0 Å². The van der Waals surface area contributed by atoms with E-state index in [1.54, 1.807) is 13.0 Å². The molecule has 0 fully saturated rings. The van der Waals surface area contributed by atoms with E-state index in [2.05, 4.69) is 0 Å². The fraction of sp³-hybridized carbons (Fsp3) is 0.150. The maximum absolute atomic E-state index is 12.1. The summed E-state index contributed by atoms with van der Waals surface area (Å²) in [5.41, 5.74) is 2.93. The normalized spacial score (nSPS) is 16.8. The molecule has 1 heterocycles. The first-order valence-corrected chi connectivity index (χ1v) is 7.65. The average molecular weight is 306 g/mol. The van der Waals surface area contributed by atoms with Crippen LogP contribution in [0.5, 0.6) is 0 Å². The Hall–Kier alpha value is -2.81. The summed E-state index contributed by atoms with van der Waals surface area (Å²) in [6.07, 6.45) is 3.03. The van der Waals surface area contributed by atoms with E-state index in [0.717, 1.165) is 16.7 Å². The van der Waals surface area contributed by atoms with Crippen LogP contribution in [-0.4, -0.2) is 18.7 Å². The molecule has 23 heavy (non-hydrogen) atoms. The SMILES string of the molecule is CCOC(=O)C1C=C(c2ccccc2)C=C(c2ccccc2)O1. The average Bonchev–Trinajstić information content (AvgIpc) is 2.63. The van der Waals surface area contributed by atoms with Crippen LogP contribution >= 0.6 is 0 Å². The fourth-order valence-electron chi connectivity index (χ4n) is 2.46. The highest BCUT2D eigenvalue weighted by molar-refractivity contribution is 5.89. The summed E-state index contributed by atoms with van der Waals surface area (Å²) in [4.78, 5) is 12.1. The van der Waals surface area contributed by atoms with E-state index in [4.69, 9.17) is 9.47 Å². The molecule has 0 aromatic heterocycles. The van der Waals surface area contributed by atoms with Gasteiger partial charge in [0.1, 0.15) is 5.76 Å². The van der Waals surface area contributed by atoms with Crippen molar-refractivity contribution in [3.8, 4) is 0 Å². The molecule has 1 aliphatic heterocycles. The van der Waals surface area contributed by atoms with Crippen LogP contribution in [0.1, 0.15) is 18.1 Å². The minimum Gasteiger partial charge on any atom is -0.474 e. The number of esters is 1. The van der Waals surface area contributed by atoms with Crippen molar-refractivity contribution in [2.75, 3.05) is 6.61 Å². The van der Waals surface area contributed by atoms with Gasteiger partial charge in [0.2, 0.25) is 6.10 Å². The molecule has 0 saturated carbocycles. The van der Waals surface area contributed by atoms with E-state index in [9.17, 15) is 4.79 Å². The van der Waals surface area contributed by atoms with Gasteiger partial charge in [0.15, 0.2) is 0 Å². The van der Waals surface area contributed by atoms with Crippen molar-refractivity contribution in [2.24, 2.45) is 0 Å². The van der Waals surface area contributed by atoms with Crippen LogP contribution < -0.4 is 0 Å². The number of hydrogen-bond donors (Lipinski definition) is 0. The van der Waals surface area contributed by atoms with Gasteiger partial charge in [-0.3, -0.25) is 0 Å². The fourth-order valence-corrected chi connectivity index (χ4v) is 2.46. The lowest BCUT2D eigenvalue weighted by Crippen LogP contribution is -2.26. The topological polar surface area (TPSA) is 35.5 Å². The zero-order valence-electron chi connectivity index (χ0n) is 12.9. The predicted octanol–water partition coefficient (Wildman–Crippen LogP) is 4.07. The van der Waals surface area contributed by atoms with E-state index in [-0.39, 0.29) is 5.97 Å². The number of rotatable bonds is 4. The molecule has 1 aliphatic rings. The molecule has 2 aromatic rings. The second-order valence-corrected chi connectivity index (χ2v) is 5.15. The summed E-state index contributed by atoms with van der Waals surface area (Å²) in [6, 6.07) is 19.7. The molecular weight excluding hydrogens is 288 g/mol. The van der Waals surface area contributed by atoms with E-state index >= 15 is 0 Å². The summed E-state index contributed by atoms with van der Waals surface area (Å²) < 4.78 is 11.0. The van der Waals surface area contributed by atoms with Crippen LogP contribution in [0, 0.1) is 0 Å². The molecule has 0 aliphatic carbocycles. The van der Waals surface area contributed by atoms with Crippen molar-refractivity contribution in [3.63, 3.8) is 0 Å². The molecule has 3 heteroatoms. The van der Waals surface area contributed by atoms with Crippen molar-refractivity contribution in [2.45, 2.75) is 13.0 Å². The molecule has 0 bridgehead atoms. The first-order chi connectivity index (χ1) is 11.3. The van der Waals surface area contributed by atoms with E-state index < -0.39 is 6.10 Å². The Bertz CT molecular complexity index is 730. The number of allylic oxidation sites excluding steroid dienone is 2. The lowest BCUT2D eigenvalue weighted by Gasteiger charge is -2.23. The highest BCUT2D eigenvalue weighted by Gasteiger charge is 2.25. The largest absolute Gasteiger partial charge is 0.474 e. The molecule has 0 saturated heterocycles. The Morgan fingerprint density at radius 2 is 1.61 bits per heavy atom. The van der Waals surface area contributed by atoms with Gasteiger partial charge in [-0.2, -0.15) is 0 Å². The molecule has 1 unspecified atom stereocenters. The number of carbonyl (C=O) groups excluding carboxylic acids is 1. The molecule has 2 aromatic carbocycles. The van der Waals surface area contributed by atoms with Crippen molar-refractivity contribution < 1.29 is 14.3 Å². The Labute approximate surface area is 135 Å². The van der Waals surface area contributed by atoms with Crippen molar-refractivity contribution in [1.29, 1.82) is 0 Å². The molecule has 0 radical (unpaired) electrons. The molecule has 0 spiro atoms. The Morgan fingerprint density at radius 3 is 2.22 bits per heavy atom. The van der Waals surface area contributed by atoms with Crippen LogP contribution in [0.4, 0.5) is 0 Å². The van der Waals surface area contributed by atoms with Crippen molar-refractivity contribution >= 4 is 17.3 Å². The number of carbonyl (C=O) groups is 1. The molecular formula is C20H18O3.